The molecule has 1 amide bonds. The molecular formula is C29H33FN8O4S. The number of H-pyrrole nitrogens is 1. The van der Waals surface area contributed by atoms with Crippen molar-refractivity contribution in [1.82, 2.24) is 30.2 Å². The fourth-order valence-corrected chi connectivity index (χ4v) is 6.53. The minimum absolute atomic E-state index is 0.0646. The Morgan fingerprint density at radius 2 is 2.07 bits per heavy atom. The van der Waals surface area contributed by atoms with E-state index >= 15 is 0 Å². The van der Waals surface area contributed by atoms with Crippen LogP contribution in [0.3, 0.4) is 0 Å². The Hall–Kier alpha value is -3.98. The van der Waals surface area contributed by atoms with E-state index in [-0.39, 0.29) is 35.7 Å². The summed E-state index contributed by atoms with van der Waals surface area (Å²) in [6.45, 7) is 6.63. The highest BCUT2D eigenvalue weighted by Crippen LogP contribution is 2.33. The van der Waals surface area contributed by atoms with Crippen molar-refractivity contribution in [1.29, 1.82) is 0 Å². The predicted molar refractivity (Wildman–Crippen MR) is 160 cm³/mol. The smallest absolute Gasteiger partial charge is 0.241 e. The van der Waals surface area contributed by atoms with Crippen molar-refractivity contribution < 1.29 is 22.3 Å². The molecule has 3 aliphatic rings. The zero-order valence-corrected chi connectivity index (χ0v) is 24.8. The predicted octanol–water partition coefficient (Wildman–Crippen LogP) is 3.00. The van der Waals surface area contributed by atoms with Crippen LogP contribution in [-0.2, 0) is 19.4 Å². The molecule has 3 aliphatic heterocycles. The van der Waals surface area contributed by atoms with Crippen LogP contribution in [0.1, 0.15) is 18.9 Å². The third kappa shape index (κ3) is 5.70. The van der Waals surface area contributed by atoms with Gasteiger partial charge in [0.25, 0.3) is 0 Å². The van der Waals surface area contributed by atoms with E-state index in [1.807, 2.05) is 13.8 Å². The lowest BCUT2D eigenvalue weighted by Crippen LogP contribution is -2.61. The van der Waals surface area contributed by atoms with E-state index in [0.29, 0.717) is 47.6 Å². The van der Waals surface area contributed by atoms with Gasteiger partial charge in [0.2, 0.25) is 11.9 Å². The number of rotatable bonds is 8. The molecule has 12 nitrogen and oxygen atoms in total. The third-order valence-electron chi connectivity index (χ3n) is 7.92. The van der Waals surface area contributed by atoms with Gasteiger partial charge in [-0.2, -0.15) is 0 Å². The molecular weight excluding hydrogens is 575 g/mol. The summed E-state index contributed by atoms with van der Waals surface area (Å²) in [6.07, 6.45) is 6.58. The second kappa shape index (κ2) is 11.6. The van der Waals surface area contributed by atoms with Crippen molar-refractivity contribution in [2.24, 2.45) is 0 Å². The average molecular weight is 609 g/mol. The summed E-state index contributed by atoms with van der Waals surface area (Å²) < 4.78 is 44.7. The highest BCUT2D eigenvalue weighted by atomic mass is 32.2. The number of hydrogen-bond donors (Lipinski definition) is 4. The standard InChI is InChI=1S/C29H33FN8O4S/c1-4-22(38-13-17-14-42-15-18(38)11-32-17)28(39)35-21-8-9-31-26-19(12-33-27(21)26)25-16(2)10-34-29(37-25)36-20-6-5-7-23(24(20)30)43(3,40)41/h5-10,12,17-18,22,32-33H,4,11,13-15H2,1-3H3,(H,31,35,39)(H,34,36,37)/t17?,18?,22-/m1/s1. The van der Waals surface area contributed by atoms with Gasteiger partial charge < -0.3 is 25.7 Å². The van der Waals surface area contributed by atoms with Crippen LogP contribution in [0.4, 0.5) is 21.7 Å². The third-order valence-corrected chi connectivity index (χ3v) is 9.04. The highest BCUT2D eigenvalue weighted by molar-refractivity contribution is 7.90. The highest BCUT2D eigenvalue weighted by Gasteiger charge is 2.38. The van der Waals surface area contributed by atoms with E-state index in [0.717, 1.165) is 24.9 Å². The number of aromatic nitrogens is 4. The van der Waals surface area contributed by atoms with Gasteiger partial charge in [-0.15, -0.1) is 0 Å². The van der Waals surface area contributed by atoms with Crippen LogP contribution < -0.4 is 16.0 Å². The summed E-state index contributed by atoms with van der Waals surface area (Å²) in [5, 5.41) is 9.39. The molecule has 3 fully saturated rings. The number of nitrogens with one attached hydrogen (secondary N) is 4. The Balaban J connectivity index is 1.28. The summed E-state index contributed by atoms with van der Waals surface area (Å²) >= 11 is 0. The van der Waals surface area contributed by atoms with Crippen molar-refractivity contribution in [3.63, 3.8) is 0 Å². The van der Waals surface area contributed by atoms with Gasteiger partial charge >= 0.3 is 0 Å². The molecule has 3 atom stereocenters. The Bertz CT molecular complexity index is 1790. The van der Waals surface area contributed by atoms with Gasteiger partial charge in [0.1, 0.15) is 4.90 Å². The number of ether oxygens (including phenoxy) is 1. The van der Waals surface area contributed by atoms with E-state index in [1.54, 1.807) is 24.7 Å². The van der Waals surface area contributed by atoms with Crippen LogP contribution in [0.25, 0.3) is 22.3 Å². The van der Waals surface area contributed by atoms with Crippen molar-refractivity contribution in [2.75, 3.05) is 43.2 Å². The minimum Gasteiger partial charge on any atom is -0.378 e. The van der Waals surface area contributed by atoms with Gasteiger partial charge in [-0.25, -0.2) is 22.8 Å². The van der Waals surface area contributed by atoms with E-state index in [4.69, 9.17) is 4.74 Å². The number of aryl methyl sites for hydroxylation is 1. The van der Waals surface area contributed by atoms with Crippen LogP contribution >= 0.6 is 0 Å². The van der Waals surface area contributed by atoms with Gasteiger partial charge in [-0.1, -0.05) is 13.0 Å². The van der Waals surface area contributed by atoms with Crippen LogP contribution in [-0.4, -0.2) is 89.8 Å². The Morgan fingerprint density at radius 3 is 2.86 bits per heavy atom. The molecule has 0 saturated carbocycles. The number of halogens is 1. The number of sulfone groups is 1. The fraction of sp³-hybridized carbons (Fsp3) is 0.379. The van der Waals surface area contributed by atoms with Crippen LogP contribution in [0.15, 0.2) is 47.8 Å². The molecule has 14 heteroatoms. The topological polar surface area (TPSA) is 154 Å². The Kier molecular flexibility index (Phi) is 7.85. The SMILES string of the molecule is CC[C@H](C(=O)Nc1ccnc2c(-c3nc(Nc4cccc(S(C)(=O)=O)c4F)ncc3C)c[nH]c12)N1CC2COCC1CN2. The van der Waals surface area contributed by atoms with Gasteiger partial charge in [0.15, 0.2) is 15.7 Å². The molecule has 4 N–H and O–H groups in total. The summed E-state index contributed by atoms with van der Waals surface area (Å²) in [6, 6.07) is 5.85. The summed E-state index contributed by atoms with van der Waals surface area (Å²) in [5.41, 5.74) is 3.71. The maximum atomic E-state index is 15.0. The minimum atomic E-state index is -3.76. The van der Waals surface area contributed by atoms with E-state index < -0.39 is 20.5 Å². The second-order valence-corrected chi connectivity index (χ2v) is 12.9. The number of fused-ring (bicyclic) bond motifs is 5. The number of carbonyl (C=O) groups excluding carboxylic acids is 1. The molecule has 6 heterocycles. The summed E-state index contributed by atoms with van der Waals surface area (Å²) in [5.74, 6) is -0.922. The molecule has 226 valence electrons. The van der Waals surface area contributed by atoms with E-state index in [1.165, 1.54) is 18.2 Å². The normalized spacial score (nSPS) is 19.7. The molecule has 2 unspecified atom stereocenters. The molecule has 1 aromatic carbocycles. The van der Waals surface area contributed by atoms with Crippen molar-refractivity contribution in [3.8, 4) is 11.3 Å². The number of amides is 1. The molecule has 0 aliphatic carbocycles. The van der Waals surface area contributed by atoms with Gasteiger partial charge in [-0.3, -0.25) is 14.7 Å². The Morgan fingerprint density at radius 1 is 1.23 bits per heavy atom. The molecule has 3 saturated heterocycles. The van der Waals surface area contributed by atoms with Gasteiger partial charge in [-0.05, 0) is 37.1 Å². The number of benzene rings is 1. The van der Waals surface area contributed by atoms with E-state index in [9.17, 15) is 17.6 Å². The first-order valence-electron chi connectivity index (χ1n) is 14.1. The molecule has 4 aromatic rings. The molecule has 2 bridgehead atoms. The number of piperazine rings is 1. The fourth-order valence-electron chi connectivity index (χ4n) is 5.77. The quantitative estimate of drug-likeness (QED) is 0.235. The lowest BCUT2D eigenvalue weighted by atomic mass is 10.0. The summed E-state index contributed by atoms with van der Waals surface area (Å²) in [7, 11) is -3.76. The number of pyridine rings is 1. The zero-order chi connectivity index (χ0) is 30.3. The largest absolute Gasteiger partial charge is 0.378 e. The maximum Gasteiger partial charge on any atom is 0.241 e. The van der Waals surface area contributed by atoms with Crippen molar-refractivity contribution in [3.05, 3.63) is 54.2 Å². The molecule has 3 aromatic heterocycles. The number of nitrogens with zero attached hydrogens (tertiary/aromatic N) is 4. The number of aromatic amines is 1. The first-order valence-corrected chi connectivity index (χ1v) is 16.0. The number of carbonyl (C=O) groups is 1. The lowest BCUT2D eigenvalue weighted by Gasteiger charge is -2.40. The summed E-state index contributed by atoms with van der Waals surface area (Å²) in [4.78, 5) is 32.1. The van der Waals surface area contributed by atoms with Crippen molar-refractivity contribution >= 4 is 44.1 Å². The molecule has 7 rings (SSSR count). The second-order valence-electron chi connectivity index (χ2n) is 10.9. The molecule has 43 heavy (non-hydrogen) atoms. The first kappa shape index (κ1) is 29.1. The zero-order valence-electron chi connectivity index (χ0n) is 24.0. The Labute approximate surface area is 248 Å². The van der Waals surface area contributed by atoms with Crippen molar-refractivity contribution in [2.45, 2.75) is 43.3 Å². The first-order chi connectivity index (χ1) is 20.6. The van der Waals surface area contributed by atoms with Crippen LogP contribution in [0.2, 0.25) is 0 Å². The lowest BCUT2D eigenvalue weighted by molar-refractivity contribution is -0.123. The van der Waals surface area contributed by atoms with Gasteiger partial charge in [0, 0.05) is 55.6 Å². The van der Waals surface area contributed by atoms with Crippen LogP contribution in [0.5, 0.6) is 0 Å². The van der Waals surface area contributed by atoms with E-state index in [2.05, 4.69) is 40.8 Å². The number of hydrogen-bond acceptors (Lipinski definition) is 10. The molecule has 0 radical (unpaired) electrons. The molecule has 0 spiro atoms. The van der Waals surface area contributed by atoms with Gasteiger partial charge in [0.05, 0.1) is 47.4 Å². The van der Waals surface area contributed by atoms with Crippen LogP contribution in [0, 0.1) is 12.7 Å². The number of anilines is 3. The maximum absolute atomic E-state index is 15.0. The monoisotopic (exact) mass is 608 g/mol. The average Bonchev–Trinajstić information content (AvgIpc) is 3.14.